The molecule has 2 aromatic carbocycles. The molecule has 0 bridgehead atoms. The normalized spacial score (nSPS) is 10.9. The first kappa shape index (κ1) is 17.8. The molecule has 0 spiro atoms. The fourth-order valence-electron chi connectivity index (χ4n) is 2.98. The van der Waals surface area contributed by atoms with Gasteiger partial charge in [0.15, 0.2) is 10.6 Å². The number of para-hydroxylation sites is 1. The van der Waals surface area contributed by atoms with Crippen LogP contribution in [0.4, 0.5) is 5.69 Å². The number of aromatic amines is 1. The van der Waals surface area contributed by atoms with E-state index >= 15 is 0 Å². The van der Waals surface area contributed by atoms with Gasteiger partial charge in [0.2, 0.25) is 0 Å². The van der Waals surface area contributed by atoms with E-state index in [1.165, 1.54) is 10.6 Å². The van der Waals surface area contributed by atoms with Crippen LogP contribution in [0, 0.1) is 14.9 Å². The smallest absolute Gasteiger partial charge is 0.297 e. The van der Waals surface area contributed by atoms with Crippen molar-refractivity contribution in [2.24, 2.45) is 0 Å². The van der Waals surface area contributed by atoms with Crippen LogP contribution in [0.2, 0.25) is 0 Å². The number of hydrogen-bond acceptors (Lipinski definition) is 6. The minimum absolute atomic E-state index is 0.134. The highest BCUT2D eigenvalue weighted by Crippen LogP contribution is 2.31. The lowest BCUT2D eigenvalue weighted by Gasteiger charge is -2.10. The second-order valence-electron chi connectivity index (χ2n) is 5.92. The molecule has 1 N–H and O–H groups in total. The van der Waals surface area contributed by atoms with Crippen molar-refractivity contribution >= 4 is 28.8 Å². The first-order valence-electron chi connectivity index (χ1n) is 8.53. The number of pyridine rings is 1. The van der Waals surface area contributed by atoms with Gasteiger partial charge in [0, 0.05) is 5.39 Å². The molecule has 140 valence electrons. The number of benzene rings is 2. The summed E-state index contributed by atoms with van der Waals surface area (Å²) in [5, 5.41) is 19.6. The third kappa shape index (κ3) is 3.12. The van der Waals surface area contributed by atoms with Crippen LogP contribution in [-0.2, 0) is 0 Å². The van der Waals surface area contributed by atoms with Crippen LogP contribution >= 0.6 is 12.2 Å². The average Bonchev–Trinajstić information content (AvgIpc) is 3.09. The van der Waals surface area contributed by atoms with Crippen LogP contribution in [0.25, 0.3) is 28.1 Å². The molecule has 2 aromatic heterocycles. The zero-order chi connectivity index (χ0) is 19.7. The standard InChI is InChI=1S/C19H15N5O3S/c1-2-27-13-8-10-16(17(11-13)24(25)26)23-18(21-22-19(23)28)15-9-7-12-5-3-4-6-14(12)20-15/h3-11H,2H2,1H3,(H,22,28). The Morgan fingerprint density at radius 1 is 1.21 bits per heavy atom. The van der Waals surface area contributed by atoms with E-state index in [1.807, 2.05) is 43.3 Å². The molecule has 0 atom stereocenters. The number of nitrogens with one attached hydrogen (secondary N) is 1. The second kappa shape index (κ2) is 7.20. The van der Waals surface area contributed by atoms with Crippen molar-refractivity contribution in [3.63, 3.8) is 0 Å². The summed E-state index contributed by atoms with van der Waals surface area (Å²) in [7, 11) is 0. The van der Waals surface area contributed by atoms with E-state index in [1.54, 1.807) is 12.1 Å². The number of fused-ring (bicyclic) bond motifs is 1. The van der Waals surface area contributed by atoms with Gasteiger partial charge in [-0.1, -0.05) is 24.3 Å². The van der Waals surface area contributed by atoms with Crippen LogP contribution in [0.1, 0.15) is 6.92 Å². The van der Waals surface area contributed by atoms with Gasteiger partial charge in [-0.3, -0.25) is 19.8 Å². The van der Waals surface area contributed by atoms with Crippen molar-refractivity contribution in [1.82, 2.24) is 19.7 Å². The van der Waals surface area contributed by atoms with E-state index in [9.17, 15) is 10.1 Å². The summed E-state index contributed by atoms with van der Waals surface area (Å²) < 4.78 is 7.13. The van der Waals surface area contributed by atoms with Gasteiger partial charge in [-0.05, 0) is 43.4 Å². The Bertz CT molecular complexity index is 1250. The molecule has 9 heteroatoms. The first-order valence-corrected chi connectivity index (χ1v) is 8.94. The summed E-state index contributed by atoms with van der Waals surface area (Å²) in [5.41, 5.74) is 1.50. The Balaban J connectivity index is 1.91. The van der Waals surface area contributed by atoms with E-state index in [2.05, 4.69) is 15.2 Å². The van der Waals surface area contributed by atoms with Crippen molar-refractivity contribution in [3.8, 4) is 23.0 Å². The summed E-state index contributed by atoms with van der Waals surface area (Å²) >= 11 is 5.34. The maximum atomic E-state index is 11.7. The van der Waals surface area contributed by atoms with Crippen molar-refractivity contribution in [1.29, 1.82) is 0 Å². The summed E-state index contributed by atoms with van der Waals surface area (Å²) in [5.74, 6) is 0.807. The highest BCUT2D eigenvalue weighted by atomic mass is 32.1. The lowest BCUT2D eigenvalue weighted by atomic mass is 10.2. The monoisotopic (exact) mass is 393 g/mol. The number of aromatic nitrogens is 4. The van der Waals surface area contributed by atoms with Crippen LogP contribution < -0.4 is 4.74 Å². The van der Waals surface area contributed by atoms with Gasteiger partial charge in [0.25, 0.3) is 5.69 Å². The van der Waals surface area contributed by atoms with Crippen LogP contribution in [0.15, 0.2) is 54.6 Å². The Morgan fingerprint density at radius 3 is 2.82 bits per heavy atom. The van der Waals surface area contributed by atoms with Crippen LogP contribution in [0.3, 0.4) is 0 Å². The highest BCUT2D eigenvalue weighted by molar-refractivity contribution is 7.71. The summed E-state index contributed by atoms with van der Waals surface area (Å²) in [4.78, 5) is 15.8. The molecule has 0 unspecified atom stereocenters. The number of ether oxygens (including phenoxy) is 1. The lowest BCUT2D eigenvalue weighted by molar-refractivity contribution is -0.384. The molecule has 0 fully saturated rings. The van der Waals surface area contributed by atoms with Gasteiger partial charge < -0.3 is 4.74 Å². The fraction of sp³-hybridized carbons (Fsp3) is 0.105. The Kier molecular flexibility index (Phi) is 4.58. The number of rotatable bonds is 5. The Labute approximate surface area is 164 Å². The van der Waals surface area contributed by atoms with Crippen LogP contribution in [-0.4, -0.2) is 31.3 Å². The van der Waals surface area contributed by atoms with E-state index in [0.717, 1.165) is 10.9 Å². The van der Waals surface area contributed by atoms with Gasteiger partial charge in [0.05, 0.1) is 23.1 Å². The van der Waals surface area contributed by atoms with Gasteiger partial charge >= 0.3 is 0 Å². The molecule has 0 amide bonds. The molecule has 0 saturated carbocycles. The number of nitro benzene ring substituents is 1. The zero-order valence-electron chi connectivity index (χ0n) is 14.8. The maximum Gasteiger partial charge on any atom is 0.297 e. The predicted octanol–water partition coefficient (Wildman–Crippen LogP) is 4.45. The number of H-pyrrole nitrogens is 1. The van der Waals surface area contributed by atoms with Gasteiger partial charge in [-0.2, -0.15) is 5.10 Å². The number of hydrogen-bond donors (Lipinski definition) is 1. The maximum absolute atomic E-state index is 11.7. The quantitative estimate of drug-likeness (QED) is 0.305. The fourth-order valence-corrected chi connectivity index (χ4v) is 3.21. The minimum atomic E-state index is -0.468. The minimum Gasteiger partial charge on any atom is -0.494 e. The molecule has 28 heavy (non-hydrogen) atoms. The molecular formula is C19H15N5O3S. The topological polar surface area (TPSA) is 98.9 Å². The summed E-state index contributed by atoms with van der Waals surface area (Å²) in [6, 6.07) is 16.1. The predicted molar refractivity (Wildman–Crippen MR) is 107 cm³/mol. The average molecular weight is 393 g/mol. The SMILES string of the molecule is CCOc1ccc(-n2c(-c3ccc4ccccc4n3)n[nH]c2=S)c([N+](=O)[O-])c1. The van der Waals surface area contributed by atoms with Crippen molar-refractivity contribution in [3.05, 3.63) is 69.5 Å². The molecule has 0 aliphatic rings. The summed E-state index contributed by atoms with van der Waals surface area (Å²) in [6.45, 7) is 2.23. The molecule has 0 aliphatic heterocycles. The van der Waals surface area contributed by atoms with Crippen LogP contribution in [0.5, 0.6) is 5.75 Å². The Morgan fingerprint density at radius 2 is 2.04 bits per heavy atom. The third-order valence-electron chi connectivity index (χ3n) is 4.20. The second-order valence-corrected chi connectivity index (χ2v) is 6.30. The van der Waals surface area contributed by atoms with Crippen molar-refractivity contribution < 1.29 is 9.66 Å². The first-order chi connectivity index (χ1) is 13.6. The van der Waals surface area contributed by atoms with E-state index in [0.29, 0.717) is 23.9 Å². The molecule has 2 heterocycles. The van der Waals surface area contributed by atoms with Crippen molar-refractivity contribution in [2.75, 3.05) is 6.61 Å². The molecule has 0 saturated heterocycles. The van der Waals surface area contributed by atoms with Gasteiger partial charge in [-0.25, -0.2) is 4.98 Å². The molecule has 4 rings (SSSR count). The van der Waals surface area contributed by atoms with E-state index in [-0.39, 0.29) is 16.1 Å². The molecular weight excluding hydrogens is 378 g/mol. The number of nitro groups is 1. The van der Waals surface area contributed by atoms with Gasteiger partial charge in [-0.15, -0.1) is 0 Å². The molecule has 0 aliphatic carbocycles. The molecule has 4 aromatic rings. The third-order valence-corrected chi connectivity index (χ3v) is 4.47. The number of nitrogens with zero attached hydrogens (tertiary/aromatic N) is 4. The molecule has 0 radical (unpaired) electrons. The lowest BCUT2D eigenvalue weighted by Crippen LogP contribution is -2.04. The largest absolute Gasteiger partial charge is 0.494 e. The van der Waals surface area contributed by atoms with Crippen molar-refractivity contribution in [2.45, 2.75) is 6.92 Å². The Hall–Kier alpha value is -3.59. The van der Waals surface area contributed by atoms with E-state index < -0.39 is 4.92 Å². The zero-order valence-corrected chi connectivity index (χ0v) is 15.6. The highest BCUT2D eigenvalue weighted by Gasteiger charge is 2.22. The van der Waals surface area contributed by atoms with E-state index in [4.69, 9.17) is 17.0 Å². The van der Waals surface area contributed by atoms with Gasteiger partial charge in [0.1, 0.15) is 17.1 Å². The molecule has 8 nitrogen and oxygen atoms in total. The summed E-state index contributed by atoms with van der Waals surface area (Å²) in [6.07, 6.45) is 0.